The summed E-state index contributed by atoms with van der Waals surface area (Å²) in [5.41, 5.74) is -0.340. The molecule has 0 saturated carbocycles. The smallest absolute Gasteiger partial charge is 0.328 e. The molecule has 0 atom stereocenters. The molecule has 3 aromatic rings. The van der Waals surface area contributed by atoms with Crippen LogP contribution in [0.3, 0.4) is 0 Å². The number of hydrogen-bond acceptors (Lipinski definition) is 4. The molecule has 3 N–H and O–H groups in total. The van der Waals surface area contributed by atoms with Crippen LogP contribution in [0.2, 0.25) is 0 Å². The molecular weight excluding hydrogens is 368 g/mol. The molecule has 0 heterocycles. The lowest BCUT2D eigenvalue weighted by Gasteiger charge is -2.22. The van der Waals surface area contributed by atoms with Crippen molar-refractivity contribution in [3.05, 3.63) is 72.3 Å². The van der Waals surface area contributed by atoms with Gasteiger partial charge in [0.25, 0.3) is 5.91 Å². The second-order valence-electron chi connectivity index (χ2n) is 7.18. The monoisotopic (exact) mass is 392 g/mol. The highest BCUT2D eigenvalue weighted by Gasteiger charge is 2.30. The van der Waals surface area contributed by atoms with Gasteiger partial charge in [-0.25, -0.2) is 4.79 Å². The summed E-state index contributed by atoms with van der Waals surface area (Å²) < 4.78 is 5.71. The van der Waals surface area contributed by atoms with Gasteiger partial charge >= 0.3 is 5.97 Å². The van der Waals surface area contributed by atoms with E-state index in [1.54, 1.807) is 6.07 Å². The van der Waals surface area contributed by atoms with Crippen LogP contribution in [0.15, 0.2) is 66.7 Å². The van der Waals surface area contributed by atoms with Crippen molar-refractivity contribution in [2.45, 2.75) is 19.4 Å². The van der Waals surface area contributed by atoms with E-state index in [4.69, 9.17) is 4.74 Å². The largest absolute Gasteiger partial charge is 0.492 e. The Morgan fingerprint density at radius 3 is 2.38 bits per heavy atom. The van der Waals surface area contributed by atoms with E-state index in [2.05, 4.69) is 10.6 Å². The second kappa shape index (κ2) is 8.65. The minimum absolute atomic E-state index is 0.387. The number of carboxylic acid groups (broad SMARTS) is 1. The fourth-order valence-electron chi connectivity index (χ4n) is 2.92. The van der Waals surface area contributed by atoms with Gasteiger partial charge < -0.3 is 20.5 Å². The van der Waals surface area contributed by atoms with E-state index in [9.17, 15) is 14.7 Å². The standard InChI is InChI=1S/C23H24N2O4/c1-23(2,22(27)28)25-21(26)19-13-12-16-8-6-7-11-18(16)20(19)24-14-15-29-17-9-4-3-5-10-17/h3-13,24H,14-15H2,1-2H3,(H,25,26)(H,27,28). The summed E-state index contributed by atoms with van der Waals surface area (Å²) in [6.07, 6.45) is 0. The minimum Gasteiger partial charge on any atom is -0.492 e. The highest BCUT2D eigenvalue weighted by atomic mass is 16.5. The van der Waals surface area contributed by atoms with E-state index < -0.39 is 17.4 Å². The molecule has 3 aromatic carbocycles. The maximum atomic E-state index is 12.8. The molecule has 29 heavy (non-hydrogen) atoms. The third-order valence-corrected chi connectivity index (χ3v) is 4.55. The number of benzene rings is 3. The first-order valence-corrected chi connectivity index (χ1v) is 9.38. The number of carboxylic acids is 1. The fourth-order valence-corrected chi connectivity index (χ4v) is 2.92. The molecule has 150 valence electrons. The number of rotatable bonds is 8. The molecule has 6 heteroatoms. The van der Waals surface area contributed by atoms with Crippen LogP contribution in [0.1, 0.15) is 24.2 Å². The summed E-state index contributed by atoms with van der Waals surface area (Å²) in [7, 11) is 0. The second-order valence-corrected chi connectivity index (χ2v) is 7.18. The maximum Gasteiger partial charge on any atom is 0.328 e. The number of carbonyl (C=O) groups is 2. The van der Waals surface area contributed by atoms with Crippen molar-refractivity contribution in [3.8, 4) is 5.75 Å². The van der Waals surface area contributed by atoms with Gasteiger partial charge in [0.2, 0.25) is 0 Å². The molecule has 0 fully saturated rings. The Kier molecular flexibility index (Phi) is 6.02. The average molecular weight is 392 g/mol. The Hall–Kier alpha value is -3.54. The molecule has 3 rings (SSSR count). The molecule has 0 aliphatic heterocycles. The lowest BCUT2D eigenvalue weighted by Crippen LogP contribution is -2.49. The number of carbonyl (C=O) groups excluding carboxylic acids is 1. The van der Waals surface area contributed by atoms with Gasteiger partial charge in [0, 0.05) is 11.9 Å². The SMILES string of the molecule is CC(C)(NC(=O)c1ccc2ccccc2c1NCCOc1ccccc1)C(=O)O. The number of para-hydroxylation sites is 1. The van der Waals surface area contributed by atoms with Crippen LogP contribution in [-0.2, 0) is 4.79 Å². The molecule has 0 saturated heterocycles. The molecular formula is C23H24N2O4. The van der Waals surface area contributed by atoms with Crippen LogP contribution in [-0.4, -0.2) is 35.7 Å². The number of hydrogen-bond donors (Lipinski definition) is 3. The van der Waals surface area contributed by atoms with E-state index in [-0.39, 0.29) is 0 Å². The quantitative estimate of drug-likeness (QED) is 0.506. The number of anilines is 1. The van der Waals surface area contributed by atoms with Gasteiger partial charge in [-0.3, -0.25) is 4.79 Å². The summed E-state index contributed by atoms with van der Waals surface area (Å²) in [5, 5.41) is 17.0. The van der Waals surface area contributed by atoms with Gasteiger partial charge in [0.1, 0.15) is 17.9 Å². The normalized spacial score (nSPS) is 11.1. The zero-order chi connectivity index (χ0) is 20.9. The summed E-state index contributed by atoms with van der Waals surface area (Å²) in [6.45, 7) is 3.80. The Labute approximate surface area is 169 Å². The highest BCUT2D eigenvalue weighted by Crippen LogP contribution is 2.28. The topological polar surface area (TPSA) is 87.7 Å². The fraction of sp³-hybridized carbons (Fsp3) is 0.217. The van der Waals surface area contributed by atoms with Crippen molar-refractivity contribution in [1.82, 2.24) is 5.32 Å². The van der Waals surface area contributed by atoms with Gasteiger partial charge in [-0.05, 0) is 37.4 Å². The number of amides is 1. The van der Waals surface area contributed by atoms with Crippen molar-refractivity contribution in [3.63, 3.8) is 0 Å². The Morgan fingerprint density at radius 2 is 1.66 bits per heavy atom. The first kappa shape index (κ1) is 20.2. The van der Waals surface area contributed by atoms with E-state index in [0.29, 0.717) is 24.4 Å². The highest BCUT2D eigenvalue weighted by molar-refractivity contribution is 6.09. The van der Waals surface area contributed by atoms with E-state index in [0.717, 1.165) is 16.5 Å². The van der Waals surface area contributed by atoms with Gasteiger partial charge in [-0.15, -0.1) is 0 Å². The molecule has 0 radical (unpaired) electrons. The van der Waals surface area contributed by atoms with E-state index >= 15 is 0 Å². The predicted octanol–water partition coefficient (Wildman–Crippen LogP) is 3.92. The zero-order valence-corrected chi connectivity index (χ0v) is 16.4. The van der Waals surface area contributed by atoms with E-state index in [1.165, 1.54) is 13.8 Å². The third-order valence-electron chi connectivity index (χ3n) is 4.55. The molecule has 1 amide bonds. The number of fused-ring (bicyclic) bond motifs is 1. The van der Waals surface area contributed by atoms with E-state index in [1.807, 2.05) is 60.7 Å². The minimum atomic E-state index is -1.38. The Bertz CT molecular complexity index is 1020. The average Bonchev–Trinajstić information content (AvgIpc) is 2.71. The summed E-state index contributed by atoms with van der Waals surface area (Å²) in [4.78, 5) is 24.2. The molecule has 0 spiro atoms. The van der Waals surface area contributed by atoms with Gasteiger partial charge in [-0.1, -0.05) is 48.5 Å². The first-order chi connectivity index (χ1) is 13.9. The van der Waals surface area contributed by atoms with Gasteiger partial charge in [-0.2, -0.15) is 0 Å². The van der Waals surface area contributed by atoms with Crippen molar-refractivity contribution >= 4 is 28.3 Å². The lowest BCUT2D eigenvalue weighted by atomic mass is 10.0. The van der Waals surface area contributed by atoms with Crippen LogP contribution in [0.5, 0.6) is 5.75 Å². The van der Waals surface area contributed by atoms with Crippen molar-refractivity contribution < 1.29 is 19.4 Å². The van der Waals surface area contributed by atoms with Gasteiger partial charge in [0.15, 0.2) is 0 Å². The lowest BCUT2D eigenvalue weighted by molar-refractivity contribution is -0.143. The van der Waals surface area contributed by atoms with Crippen LogP contribution < -0.4 is 15.4 Å². The number of aliphatic carboxylic acids is 1. The summed E-state index contributed by atoms with van der Waals surface area (Å²) >= 11 is 0. The number of nitrogens with one attached hydrogen (secondary N) is 2. The zero-order valence-electron chi connectivity index (χ0n) is 16.4. The first-order valence-electron chi connectivity index (χ1n) is 9.38. The van der Waals surface area contributed by atoms with Crippen LogP contribution in [0.25, 0.3) is 10.8 Å². The van der Waals surface area contributed by atoms with Crippen molar-refractivity contribution in [1.29, 1.82) is 0 Å². The summed E-state index contributed by atoms with van der Waals surface area (Å²) in [6, 6.07) is 20.8. The van der Waals surface area contributed by atoms with Crippen LogP contribution in [0.4, 0.5) is 5.69 Å². The molecule has 0 aromatic heterocycles. The molecule has 0 unspecified atom stereocenters. The molecule has 0 aliphatic rings. The Morgan fingerprint density at radius 1 is 0.966 bits per heavy atom. The Balaban J connectivity index is 1.82. The molecule has 6 nitrogen and oxygen atoms in total. The van der Waals surface area contributed by atoms with Crippen LogP contribution >= 0.6 is 0 Å². The molecule has 0 bridgehead atoms. The third kappa shape index (κ3) is 4.85. The van der Waals surface area contributed by atoms with Crippen molar-refractivity contribution in [2.75, 3.05) is 18.5 Å². The summed E-state index contributed by atoms with van der Waals surface area (Å²) in [5.74, 6) is -0.777. The van der Waals surface area contributed by atoms with Crippen molar-refractivity contribution in [2.24, 2.45) is 0 Å². The van der Waals surface area contributed by atoms with Crippen LogP contribution in [0, 0.1) is 0 Å². The molecule has 0 aliphatic carbocycles. The predicted molar refractivity (Wildman–Crippen MR) is 114 cm³/mol. The maximum absolute atomic E-state index is 12.8. The number of ether oxygens (including phenoxy) is 1. The van der Waals surface area contributed by atoms with Gasteiger partial charge in [0.05, 0.1) is 11.3 Å².